The lowest BCUT2D eigenvalue weighted by Gasteiger charge is -2.34. The summed E-state index contributed by atoms with van der Waals surface area (Å²) in [5.74, 6) is 0. The maximum atomic E-state index is 2.43. The number of hydrogen-bond donors (Lipinski definition) is 0. The van der Waals surface area contributed by atoms with Crippen molar-refractivity contribution in [2.75, 3.05) is 4.90 Å². The summed E-state index contributed by atoms with van der Waals surface area (Å²) in [6.07, 6.45) is 0. The highest BCUT2D eigenvalue weighted by Crippen LogP contribution is 2.59. The molecule has 0 amide bonds. The highest BCUT2D eigenvalue weighted by Gasteiger charge is 2.47. The lowest BCUT2D eigenvalue weighted by Crippen LogP contribution is -2.28. The molecule has 0 atom stereocenters. The van der Waals surface area contributed by atoms with Gasteiger partial charge in [-0.2, -0.15) is 0 Å². The number of para-hydroxylation sites is 1. The SMILES string of the molecule is c1ccc(N(c2ccc(-c3cccc(-c4ccc5c(ccc6ccccc65)c4)c3)cc2)c2cccc3c2-c2ccccc2C3(c2ccccc2)c2ccccc2)cc1. The van der Waals surface area contributed by atoms with Gasteiger partial charge in [0.05, 0.1) is 11.1 Å². The van der Waals surface area contributed by atoms with E-state index in [0.29, 0.717) is 0 Å². The van der Waals surface area contributed by atoms with Gasteiger partial charge in [-0.15, -0.1) is 0 Å². The lowest BCUT2D eigenvalue weighted by atomic mass is 9.68. The fourth-order valence-electron chi connectivity index (χ4n) is 9.54. The van der Waals surface area contributed by atoms with Gasteiger partial charge in [0, 0.05) is 16.9 Å². The van der Waals surface area contributed by atoms with E-state index < -0.39 is 5.41 Å². The molecule has 10 aromatic rings. The Hall–Kier alpha value is -7.48. The van der Waals surface area contributed by atoms with Crippen LogP contribution in [0.25, 0.3) is 54.9 Å². The third-order valence-corrected chi connectivity index (χ3v) is 12.1. The van der Waals surface area contributed by atoms with E-state index in [0.717, 1.165) is 17.1 Å². The van der Waals surface area contributed by atoms with E-state index in [1.54, 1.807) is 0 Å². The first-order valence-corrected chi connectivity index (χ1v) is 20.1. The number of anilines is 3. The third kappa shape index (κ3) is 5.39. The standard InChI is InChI=1S/C57H39N/c1-4-19-46(20-5-1)57(47-21-6-2-7-22-47)53-27-13-12-26-52(53)56-54(57)28-15-29-55(56)58(48-23-8-3-9-24-48)49-35-32-40(33-36-49)42-17-14-18-43(38-42)44-34-37-51-45(39-44)31-30-41-16-10-11-25-50(41)51/h1-39H. The zero-order valence-electron chi connectivity index (χ0n) is 32.0. The summed E-state index contributed by atoms with van der Waals surface area (Å²) in [7, 11) is 0. The monoisotopic (exact) mass is 737 g/mol. The van der Waals surface area contributed by atoms with Gasteiger partial charge in [0.15, 0.2) is 0 Å². The van der Waals surface area contributed by atoms with Crippen LogP contribution in [0.15, 0.2) is 237 Å². The minimum atomic E-state index is -0.472. The van der Waals surface area contributed by atoms with E-state index in [9.17, 15) is 0 Å². The molecule has 1 heteroatoms. The first-order valence-electron chi connectivity index (χ1n) is 20.1. The van der Waals surface area contributed by atoms with Gasteiger partial charge < -0.3 is 4.90 Å². The van der Waals surface area contributed by atoms with Crippen LogP contribution in [-0.2, 0) is 5.41 Å². The second kappa shape index (κ2) is 13.9. The molecule has 0 aliphatic heterocycles. The molecule has 0 saturated heterocycles. The zero-order valence-corrected chi connectivity index (χ0v) is 32.0. The van der Waals surface area contributed by atoms with Crippen LogP contribution in [0.1, 0.15) is 22.3 Å². The summed E-state index contributed by atoms with van der Waals surface area (Å²) in [5, 5.41) is 5.11. The van der Waals surface area contributed by atoms with E-state index in [1.807, 2.05) is 0 Å². The van der Waals surface area contributed by atoms with Crippen LogP contribution < -0.4 is 4.90 Å². The molecule has 1 aliphatic carbocycles. The highest BCUT2D eigenvalue weighted by molar-refractivity contribution is 6.08. The van der Waals surface area contributed by atoms with Crippen molar-refractivity contribution >= 4 is 38.6 Å². The van der Waals surface area contributed by atoms with Gasteiger partial charge in [0.1, 0.15) is 0 Å². The number of hydrogen-bond acceptors (Lipinski definition) is 1. The van der Waals surface area contributed by atoms with Gasteiger partial charge in [-0.1, -0.05) is 194 Å². The minimum Gasteiger partial charge on any atom is -0.310 e. The van der Waals surface area contributed by atoms with Gasteiger partial charge in [0.2, 0.25) is 0 Å². The molecule has 0 heterocycles. The van der Waals surface area contributed by atoms with Crippen LogP contribution in [0.5, 0.6) is 0 Å². The molecular weight excluding hydrogens is 699 g/mol. The molecule has 58 heavy (non-hydrogen) atoms. The van der Waals surface area contributed by atoms with E-state index in [1.165, 1.54) is 77.2 Å². The van der Waals surface area contributed by atoms with Crippen molar-refractivity contribution in [1.29, 1.82) is 0 Å². The molecular formula is C57H39N. The maximum absolute atomic E-state index is 2.43. The van der Waals surface area contributed by atoms with Gasteiger partial charge in [-0.3, -0.25) is 0 Å². The normalized spacial score (nSPS) is 12.6. The van der Waals surface area contributed by atoms with Crippen molar-refractivity contribution in [2.24, 2.45) is 0 Å². The quantitative estimate of drug-likeness (QED) is 0.147. The first kappa shape index (κ1) is 33.8. The van der Waals surface area contributed by atoms with Gasteiger partial charge in [0.25, 0.3) is 0 Å². The largest absolute Gasteiger partial charge is 0.310 e. The van der Waals surface area contributed by atoms with Crippen LogP contribution in [0.3, 0.4) is 0 Å². The van der Waals surface area contributed by atoms with Gasteiger partial charge >= 0.3 is 0 Å². The maximum Gasteiger partial charge on any atom is 0.0714 e. The average molecular weight is 738 g/mol. The molecule has 0 aromatic heterocycles. The Morgan fingerprint density at radius 1 is 0.310 bits per heavy atom. The van der Waals surface area contributed by atoms with Crippen LogP contribution in [0, 0.1) is 0 Å². The van der Waals surface area contributed by atoms with Crippen LogP contribution in [0.2, 0.25) is 0 Å². The lowest BCUT2D eigenvalue weighted by molar-refractivity contribution is 0.768. The Labute approximate surface area is 339 Å². The van der Waals surface area contributed by atoms with E-state index in [2.05, 4.69) is 241 Å². The van der Waals surface area contributed by atoms with Crippen molar-refractivity contribution in [3.8, 4) is 33.4 Å². The molecule has 0 bridgehead atoms. The molecule has 272 valence electrons. The van der Waals surface area contributed by atoms with E-state index in [4.69, 9.17) is 0 Å². The summed E-state index contributed by atoms with van der Waals surface area (Å²) in [4.78, 5) is 2.43. The summed E-state index contributed by atoms with van der Waals surface area (Å²) in [6.45, 7) is 0. The molecule has 0 unspecified atom stereocenters. The number of rotatable bonds is 7. The van der Waals surface area contributed by atoms with Crippen molar-refractivity contribution in [3.05, 3.63) is 259 Å². The second-order valence-corrected chi connectivity index (χ2v) is 15.2. The van der Waals surface area contributed by atoms with Gasteiger partial charge in [-0.05, 0) is 114 Å². The molecule has 0 spiro atoms. The van der Waals surface area contributed by atoms with Crippen LogP contribution >= 0.6 is 0 Å². The predicted octanol–water partition coefficient (Wildman–Crippen LogP) is 15.2. The Morgan fingerprint density at radius 2 is 0.845 bits per heavy atom. The molecule has 0 fully saturated rings. The second-order valence-electron chi connectivity index (χ2n) is 15.2. The molecule has 11 rings (SSSR count). The summed E-state index contributed by atoms with van der Waals surface area (Å²) in [6, 6.07) is 86.7. The Balaban J connectivity index is 1.03. The third-order valence-electron chi connectivity index (χ3n) is 12.1. The van der Waals surface area contributed by atoms with Gasteiger partial charge in [-0.25, -0.2) is 0 Å². The predicted molar refractivity (Wildman–Crippen MR) is 244 cm³/mol. The summed E-state index contributed by atoms with van der Waals surface area (Å²) < 4.78 is 0. The minimum absolute atomic E-state index is 0.472. The fourth-order valence-corrected chi connectivity index (χ4v) is 9.54. The summed E-state index contributed by atoms with van der Waals surface area (Å²) in [5.41, 5.74) is 15.4. The topological polar surface area (TPSA) is 3.24 Å². The van der Waals surface area contributed by atoms with Crippen molar-refractivity contribution < 1.29 is 0 Å². The van der Waals surface area contributed by atoms with E-state index >= 15 is 0 Å². The molecule has 0 radical (unpaired) electrons. The zero-order chi connectivity index (χ0) is 38.5. The average Bonchev–Trinajstić information content (AvgIpc) is 3.62. The molecule has 0 saturated carbocycles. The molecule has 1 nitrogen and oxygen atoms in total. The molecule has 1 aliphatic rings. The molecule has 0 N–H and O–H groups in total. The number of fused-ring (bicyclic) bond motifs is 6. The van der Waals surface area contributed by atoms with Crippen LogP contribution in [-0.4, -0.2) is 0 Å². The first-order chi connectivity index (χ1) is 28.8. The smallest absolute Gasteiger partial charge is 0.0714 e. The number of benzene rings is 10. The van der Waals surface area contributed by atoms with E-state index in [-0.39, 0.29) is 0 Å². The molecule has 10 aromatic carbocycles. The fraction of sp³-hybridized carbons (Fsp3) is 0.0175. The van der Waals surface area contributed by atoms with Crippen molar-refractivity contribution in [2.45, 2.75) is 5.41 Å². The van der Waals surface area contributed by atoms with Crippen molar-refractivity contribution in [3.63, 3.8) is 0 Å². The Morgan fingerprint density at radius 3 is 1.60 bits per heavy atom. The van der Waals surface area contributed by atoms with Crippen LogP contribution in [0.4, 0.5) is 17.1 Å². The Kier molecular flexibility index (Phi) is 8.12. The Bertz CT molecular complexity index is 3050. The summed E-state index contributed by atoms with van der Waals surface area (Å²) >= 11 is 0. The number of nitrogens with zero attached hydrogens (tertiary/aromatic N) is 1. The highest BCUT2D eigenvalue weighted by atomic mass is 15.1. The van der Waals surface area contributed by atoms with Crippen molar-refractivity contribution in [1.82, 2.24) is 0 Å².